The van der Waals surface area contributed by atoms with Crippen LogP contribution in [0.4, 0.5) is 11.4 Å². The number of benzene rings is 2. The van der Waals surface area contributed by atoms with E-state index in [0.717, 1.165) is 11.4 Å². The monoisotopic (exact) mass is 289 g/mol. The largest absolute Gasteiger partial charge is 0.317 e. The second kappa shape index (κ2) is 8.04. The molecule has 0 spiro atoms. The summed E-state index contributed by atoms with van der Waals surface area (Å²) in [7, 11) is 0. The van der Waals surface area contributed by atoms with Gasteiger partial charge in [-0.2, -0.15) is 0 Å². The first kappa shape index (κ1) is 15.8. The summed E-state index contributed by atoms with van der Waals surface area (Å²) >= 11 is 0. The SMILES string of the molecule is C\C=C/C(C)=C\C=C\N(c1ccccc1)c1ccc(C)cc1. The van der Waals surface area contributed by atoms with E-state index in [9.17, 15) is 0 Å². The Bertz CT molecular complexity index is 661. The van der Waals surface area contributed by atoms with Crippen LogP contribution in [0.25, 0.3) is 0 Å². The van der Waals surface area contributed by atoms with Crippen LogP contribution in [0.2, 0.25) is 0 Å². The molecule has 112 valence electrons. The third kappa shape index (κ3) is 4.49. The molecule has 0 saturated heterocycles. The minimum absolute atomic E-state index is 1.15. The van der Waals surface area contributed by atoms with Gasteiger partial charge in [-0.25, -0.2) is 0 Å². The van der Waals surface area contributed by atoms with Gasteiger partial charge in [0.05, 0.1) is 0 Å². The second-order valence-electron chi connectivity index (χ2n) is 5.29. The van der Waals surface area contributed by atoms with Gasteiger partial charge >= 0.3 is 0 Å². The number of aryl methyl sites for hydroxylation is 1. The molecule has 1 nitrogen and oxygen atoms in total. The van der Waals surface area contributed by atoms with E-state index < -0.39 is 0 Å². The molecular formula is C21H23N. The maximum Gasteiger partial charge on any atom is 0.0455 e. The molecule has 0 heterocycles. The van der Waals surface area contributed by atoms with Gasteiger partial charge in [-0.15, -0.1) is 0 Å². The second-order valence-corrected chi connectivity index (χ2v) is 5.29. The first-order chi connectivity index (χ1) is 10.7. The Morgan fingerprint density at radius 3 is 2.18 bits per heavy atom. The minimum atomic E-state index is 1.15. The highest BCUT2D eigenvalue weighted by Gasteiger charge is 2.04. The zero-order valence-electron chi connectivity index (χ0n) is 13.5. The van der Waals surface area contributed by atoms with Gasteiger partial charge in [0.1, 0.15) is 0 Å². The molecule has 0 aromatic heterocycles. The van der Waals surface area contributed by atoms with E-state index in [1.165, 1.54) is 11.1 Å². The van der Waals surface area contributed by atoms with Crippen LogP contribution in [0.3, 0.4) is 0 Å². The van der Waals surface area contributed by atoms with E-state index in [4.69, 9.17) is 0 Å². The predicted octanol–water partition coefficient (Wildman–Crippen LogP) is 6.17. The Morgan fingerprint density at radius 1 is 0.909 bits per heavy atom. The van der Waals surface area contributed by atoms with E-state index in [1.54, 1.807) is 0 Å². The summed E-state index contributed by atoms with van der Waals surface area (Å²) in [6, 6.07) is 19.0. The molecule has 0 atom stereocenters. The van der Waals surface area contributed by atoms with Crippen molar-refractivity contribution in [2.45, 2.75) is 20.8 Å². The number of hydrogen-bond acceptors (Lipinski definition) is 1. The maximum atomic E-state index is 2.19. The van der Waals surface area contributed by atoms with Crippen LogP contribution in [-0.2, 0) is 0 Å². The van der Waals surface area contributed by atoms with Crippen molar-refractivity contribution in [2.75, 3.05) is 4.90 Å². The third-order valence-electron chi connectivity index (χ3n) is 3.37. The molecule has 0 fully saturated rings. The van der Waals surface area contributed by atoms with Crippen LogP contribution in [-0.4, -0.2) is 0 Å². The molecule has 0 aliphatic rings. The Kier molecular flexibility index (Phi) is 5.79. The quantitative estimate of drug-likeness (QED) is 0.595. The lowest BCUT2D eigenvalue weighted by atomic mass is 10.2. The first-order valence-electron chi connectivity index (χ1n) is 7.59. The Labute approximate surface area is 133 Å². The molecule has 0 N–H and O–H groups in total. The summed E-state index contributed by atoms with van der Waals surface area (Å²) in [5.74, 6) is 0. The van der Waals surface area contributed by atoms with Crippen molar-refractivity contribution in [1.82, 2.24) is 0 Å². The number of rotatable bonds is 5. The zero-order valence-corrected chi connectivity index (χ0v) is 13.5. The van der Waals surface area contributed by atoms with E-state index in [1.807, 2.05) is 13.0 Å². The Hall–Kier alpha value is -2.54. The van der Waals surface area contributed by atoms with Crippen molar-refractivity contribution in [3.8, 4) is 0 Å². The smallest absolute Gasteiger partial charge is 0.0455 e. The van der Waals surface area contributed by atoms with E-state index in [0.29, 0.717) is 0 Å². The van der Waals surface area contributed by atoms with E-state index in [2.05, 4.69) is 97.8 Å². The average molecular weight is 289 g/mol. The van der Waals surface area contributed by atoms with Gasteiger partial charge in [-0.1, -0.05) is 59.7 Å². The maximum absolute atomic E-state index is 2.19. The molecule has 0 aliphatic heterocycles. The standard InChI is InChI=1S/C21H23N/c1-4-9-18(2)10-8-17-22(20-11-6-5-7-12-20)21-15-13-19(3)14-16-21/h4-17H,1-3H3/b9-4-,17-8+,18-10-. The van der Waals surface area contributed by atoms with Crippen molar-refractivity contribution in [2.24, 2.45) is 0 Å². The predicted molar refractivity (Wildman–Crippen MR) is 97.5 cm³/mol. The molecule has 0 saturated carbocycles. The van der Waals surface area contributed by atoms with Crippen LogP contribution in [0.5, 0.6) is 0 Å². The third-order valence-corrected chi connectivity index (χ3v) is 3.37. The van der Waals surface area contributed by atoms with E-state index in [-0.39, 0.29) is 0 Å². The summed E-state index contributed by atoms with van der Waals surface area (Å²) < 4.78 is 0. The molecule has 0 bridgehead atoms. The molecular weight excluding hydrogens is 266 g/mol. The molecule has 2 aromatic rings. The highest BCUT2D eigenvalue weighted by Crippen LogP contribution is 2.25. The Morgan fingerprint density at radius 2 is 1.55 bits per heavy atom. The van der Waals surface area contributed by atoms with Gasteiger partial charge in [0, 0.05) is 17.6 Å². The number of para-hydroxylation sites is 1. The summed E-state index contributed by atoms with van der Waals surface area (Å²) in [6.45, 7) is 6.24. The van der Waals surface area contributed by atoms with Crippen LogP contribution < -0.4 is 4.90 Å². The zero-order chi connectivity index (χ0) is 15.8. The van der Waals surface area contributed by atoms with Crippen molar-refractivity contribution < 1.29 is 0 Å². The summed E-state index contributed by atoms with van der Waals surface area (Å²) in [6.07, 6.45) is 10.5. The molecule has 2 aromatic carbocycles. The lowest BCUT2D eigenvalue weighted by Gasteiger charge is -2.20. The molecule has 0 amide bonds. The Balaban J connectivity index is 2.32. The van der Waals surface area contributed by atoms with E-state index >= 15 is 0 Å². The number of nitrogens with zero attached hydrogens (tertiary/aromatic N) is 1. The molecule has 22 heavy (non-hydrogen) atoms. The van der Waals surface area contributed by atoms with Crippen molar-refractivity contribution in [3.05, 3.63) is 96.2 Å². The van der Waals surface area contributed by atoms with Gasteiger partial charge < -0.3 is 4.90 Å². The van der Waals surface area contributed by atoms with Gasteiger partial charge in [0.15, 0.2) is 0 Å². The molecule has 2 rings (SSSR count). The summed E-state index contributed by atoms with van der Waals surface area (Å²) in [5, 5.41) is 0. The van der Waals surface area contributed by atoms with Crippen molar-refractivity contribution in [3.63, 3.8) is 0 Å². The molecule has 0 radical (unpaired) electrons. The highest BCUT2D eigenvalue weighted by molar-refractivity contribution is 5.66. The van der Waals surface area contributed by atoms with Crippen molar-refractivity contribution >= 4 is 11.4 Å². The molecule has 0 aliphatic carbocycles. The fraction of sp³-hybridized carbons (Fsp3) is 0.143. The molecule has 1 heteroatoms. The highest BCUT2D eigenvalue weighted by atomic mass is 15.1. The van der Waals surface area contributed by atoms with Crippen LogP contribution in [0.15, 0.2) is 90.7 Å². The van der Waals surface area contributed by atoms with Crippen LogP contribution >= 0.6 is 0 Å². The van der Waals surface area contributed by atoms with Gasteiger partial charge in [-0.05, 0) is 51.1 Å². The number of hydrogen-bond donors (Lipinski definition) is 0. The normalized spacial score (nSPS) is 12.2. The minimum Gasteiger partial charge on any atom is -0.317 e. The molecule has 0 unspecified atom stereocenters. The van der Waals surface area contributed by atoms with Crippen LogP contribution in [0.1, 0.15) is 19.4 Å². The van der Waals surface area contributed by atoms with Gasteiger partial charge in [0.2, 0.25) is 0 Å². The average Bonchev–Trinajstić information content (AvgIpc) is 2.54. The van der Waals surface area contributed by atoms with Crippen LogP contribution in [0, 0.1) is 6.92 Å². The summed E-state index contributed by atoms with van der Waals surface area (Å²) in [5.41, 5.74) is 4.81. The fourth-order valence-corrected chi connectivity index (χ4v) is 2.21. The first-order valence-corrected chi connectivity index (χ1v) is 7.59. The van der Waals surface area contributed by atoms with Crippen molar-refractivity contribution in [1.29, 1.82) is 0 Å². The lowest BCUT2D eigenvalue weighted by Crippen LogP contribution is -2.07. The lowest BCUT2D eigenvalue weighted by molar-refractivity contribution is 1.27. The number of allylic oxidation sites excluding steroid dienone is 5. The number of anilines is 2. The van der Waals surface area contributed by atoms with Gasteiger partial charge in [0.25, 0.3) is 0 Å². The topological polar surface area (TPSA) is 3.24 Å². The summed E-state index contributed by atoms with van der Waals surface area (Å²) in [4.78, 5) is 2.19. The van der Waals surface area contributed by atoms with Gasteiger partial charge in [-0.3, -0.25) is 0 Å². The fourth-order valence-electron chi connectivity index (χ4n) is 2.21.